The van der Waals surface area contributed by atoms with Crippen LogP contribution >= 0.6 is 11.3 Å². The van der Waals surface area contributed by atoms with Gasteiger partial charge in [0.1, 0.15) is 9.88 Å². The van der Waals surface area contributed by atoms with Crippen LogP contribution in [-0.4, -0.2) is 34.9 Å². The Bertz CT molecular complexity index is 813. The number of hydrogen-bond acceptors (Lipinski definition) is 5. The number of hydrogen-bond donors (Lipinski definition) is 1. The van der Waals surface area contributed by atoms with Crippen molar-refractivity contribution in [2.75, 3.05) is 19.4 Å². The van der Waals surface area contributed by atoms with Gasteiger partial charge in [-0.2, -0.15) is 0 Å². The van der Waals surface area contributed by atoms with Gasteiger partial charge in [-0.15, -0.1) is 11.3 Å². The van der Waals surface area contributed by atoms with E-state index in [1.54, 1.807) is 18.6 Å². The molecule has 2 heterocycles. The van der Waals surface area contributed by atoms with Crippen molar-refractivity contribution in [3.63, 3.8) is 0 Å². The van der Waals surface area contributed by atoms with Crippen molar-refractivity contribution in [1.82, 2.24) is 14.9 Å². The van der Waals surface area contributed by atoms with Gasteiger partial charge in [-0.05, 0) is 43.9 Å². The van der Waals surface area contributed by atoms with Gasteiger partial charge >= 0.3 is 0 Å². The second kappa shape index (κ2) is 7.33. The molecule has 0 saturated heterocycles. The molecule has 122 valence electrons. The Hall–Kier alpha value is -2.57. The Morgan fingerprint density at radius 2 is 1.83 bits per heavy atom. The Kier molecular flexibility index (Phi) is 4.98. The summed E-state index contributed by atoms with van der Waals surface area (Å²) in [4.78, 5) is 23.4. The van der Waals surface area contributed by atoms with E-state index < -0.39 is 0 Å². The number of rotatable bonds is 5. The van der Waals surface area contributed by atoms with Crippen LogP contribution in [0.1, 0.15) is 15.2 Å². The SMILES string of the molecule is CN(C)Cc1ccc(NC(=O)c2cnc(-c3ccncc3)s2)cc1. The molecule has 0 saturated carbocycles. The molecular formula is C18H18N4OS. The first-order chi connectivity index (χ1) is 11.6. The first kappa shape index (κ1) is 16.3. The third-order valence-electron chi connectivity index (χ3n) is 3.37. The fraction of sp³-hybridized carbons (Fsp3) is 0.167. The maximum Gasteiger partial charge on any atom is 0.267 e. The molecule has 0 atom stereocenters. The minimum atomic E-state index is -0.145. The first-order valence-corrected chi connectivity index (χ1v) is 8.35. The Morgan fingerprint density at radius 1 is 1.12 bits per heavy atom. The molecule has 2 aromatic heterocycles. The molecule has 3 rings (SSSR count). The summed E-state index contributed by atoms with van der Waals surface area (Å²) in [6.45, 7) is 0.873. The largest absolute Gasteiger partial charge is 0.321 e. The summed E-state index contributed by atoms with van der Waals surface area (Å²) >= 11 is 1.37. The molecular weight excluding hydrogens is 320 g/mol. The summed E-state index contributed by atoms with van der Waals surface area (Å²) in [5.41, 5.74) is 2.94. The maximum absolute atomic E-state index is 12.4. The highest BCUT2D eigenvalue weighted by atomic mass is 32.1. The average molecular weight is 338 g/mol. The van der Waals surface area contributed by atoms with Crippen molar-refractivity contribution in [2.45, 2.75) is 6.54 Å². The van der Waals surface area contributed by atoms with Crippen molar-refractivity contribution in [3.8, 4) is 10.6 Å². The normalized spacial score (nSPS) is 10.8. The van der Waals surface area contributed by atoms with Crippen LogP contribution in [0.4, 0.5) is 5.69 Å². The molecule has 6 heteroatoms. The molecule has 1 amide bonds. The minimum absolute atomic E-state index is 0.145. The van der Waals surface area contributed by atoms with Crippen molar-refractivity contribution in [1.29, 1.82) is 0 Å². The molecule has 3 aromatic rings. The van der Waals surface area contributed by atoms with Crippen molar-refractivity contribution >= 4 is 22.9 Å². The van der Waals surface area contributed by atoms with Gasteiger partial charge in [0.2, 0.25) is 0 Å². The zero-order chi connectivity index (χ0) is 16.9. The van der Waals surface area contributed by atoms with Crippen molar-refractivity contribution in [2.24, 2.45) is 0 Å². The number of thiazole rings is 1. The van der Waals surface area contributed by atoms with E-state index in [2.05, 4.69) is 20.2 Å². The van der Waals surface area contributed by atoms with E-state index in [9.17, 15) is 4.79 Å². The third kappa shape index (κ3) is 4.04. The molecule has 0 bridgehead atoms. The highest BCUT2D eigenvalue weighted by Gasteiger charge is 2.12. The van der Waals surface area contributed by atoms with E-state index in [1.807, 2.05) is 50.5 Å². The number of nitrogens with zero attached hydrogens (tertiary/aromatic N) is 3. The summed E-state index contributed by atoms with van der Waals surface area (Å²) in [6, 6.07) is 11.6. The van der Waals surface area contributed by atoms with Crippen LogP contribution in [0.3, 0.4) is 0 Å². The summed E-state index contributed by atoms with van der Waals surface area (Å²) in [5.74, 6) is -0.145. The number of carbonyl (C=O) groups is 1. The van der Waals surface area contributed by atoms with E-state index in [1.165, 1.54) is 16.9 Å². The second-order valence-corrected chi connectivity index (χ2v) is 6.69. The second-order valence-electron chi connectivity index (χ2n) is 5.65. The van der Waals surface area contributed by atoms with E-state index in [-0.39, 0.29) is 5.91 Å². The first-order valence-electron chi connectivity index (χ1n) is 7.53. The van der Waals surface area contributed by atoms with Crippen LogP contribution in [0.15, 0.2) is 55.0 Å². The van der Waals surface area contributed by atoms with Crippen LogP contribution in [0.2, 0.25) is 0 Å². The average Bonchev–Trinajstić information content (AvgIpc) is 3.07. The lowest BCUT2D eigenvalue weighted by atomic mass is 10.2. The molecule has 0 aliphatic rings. The molecule has 1 aromatic carbocycles. The molecule has 1 N–H and O–H groups in total. The standard InChI is InChI=1S/C18H18N4OS/c1-22(2)12-13-3-5-15(6-4-13)21-17(23)16-11-20-18(24-16)14-7-9-19-10-8-14/h3-11H,12H2,1-2H3,(H,21,23). The fourth-order valence-electron chi connectivity index (χ4n) is 2.26. The van der Waals surface area contributed by atoms with Gasteiger partial charge in [-0.1, -0.05) is 12.1 Å². The maximum atomic E-state index is 12.4. The van der Waals surface area contributed by atoms with Crippen LogP contribution in [0.5, 0.6) is 0 Å². The van der Waals surface area contributed by atoms with Crippen LogP contribution < -0.4 is 5.32 Å². The highest BCUT2D eigenvalue weighted by Crippen LogP contribution is 2.25. The quantitative estimate of drug-likeness (QED) is 0.773. The number of amides is 1. The Balaban J connectivity index is 1.68. The monoisotopic (exact) mass is 338 g/mol. The summed E-state index contributed by atoms with van der Waals surface area (Å²) in [5, 5.41) is 3.72. The molecule has 0 radical (unpaired) electrons. The Labute approximate surface area is 145 Å². The van der Waals surface area contributed by atoms with Crippen molar-refractivity contribution in [3.05, 3.63) is 65.4 Å². The number of anilines is 1. The summed E-state index contributed by atoms with van der Waals surface area (Å²) in [7, 11) is 4.06. The predicted octanol–water partition coefficient (Wildman–Crippen LogP) is 3.52. The number of benzene rings is 1. The number of pyridine rings is 1. The van der Waals surface area contributed by atoms with Gasteiger partial charge in [0.25, 0.3) is 5.91 Å². The highest BCUT2D eigenvalue weighted by molar-refractivity contribution is 7.17. The lowest BCUT2D eigenvalue weighted by molar-refractivity contribution is 0.103. The van der Waals surface area contributed by atoms with Gasteiger partial charge in [-0.25, -0.2) is 4.98 Å². The smallest absolute Gasteiger partial charge is 0.267 e. The fourth-order valence-corrected chi connectivity index (χ4v) is 3.08. The molecule has 0 fully saturated rings. The lowest BCUT2D eigenvalue weighted by Crippen LogP contribution is -2.12. The topological polar surface area (TPSA) is 58.1 Å². The summed E-state index contributed by atoms with van der Waals surface area (Å²) < 4.78 is 0. The third-order valence-corrected chi connectivity index (χ3v) is 4.41. The Morgan fingerprint density at radius 3 is 2.50 bits per heavy atom. The van der Waals surface area contributed by atoms with Crippen LogP contribution in [0.25, 0.3) is 10.6 Å². The zero-order valence-corrected chi connectivity index (χ0v) is 14.4. The lowest BCUT2D eigenvalue weighted by Gasteiger charge is -2.10. The van der Waals surface area contributed by atoms with Crippen LogP contribution in [-0.2, 0) is 6.54 Å². The van der Waals surface area contributed by atoms with E-state index in [4.69, 9.17) is 0 Å². The van der Waals surface area contributed by atoms with E-state index >= 15 is 0 Å². The molecule has 0 aliphatic heterocycles. The minimum Gasteiger partial charge on any atom is -0.321 e. The van der Waals surface area contributed by atoms with Gasteiger partial charge in [0, 0.05) is 30.2 Å². The van der Waals surface area contributed by atoms with Crippen LogP contribution in [0, 0.1) is 0 Å². The van der Waals surface area contributed by atoms with Gasteiger partial charge < -0.3 is 10.2 Å². The summed E-state index contributed by atoms with van der Waals surface area (Å²) in [6.07, 6.45) is 5.04. The molecule has 0 unspecified atom stereocenters. The zero-order valence-electron chi connectivity index (χ0n) is 13.6. The number of carbonyl (C=O) groups excluding carboxylic acids is 1. The molecule has 5 nitrogen and oxygen atoms in total. The van der Waals surface area contributed by atoms with Gasteiger partial charge in [0.05, 0.1) is 6.20 Å². The predicted molar refractivity (Wildman–Crippen MR) is 97.1 cm³/mol. The molecule has 24 heavy (non-hydrogen) atoms. The number of nitrogens with one attached hydrogen (secondary N) is 1. The van der Waals surface area contributed by atoms with Crippen molar-refractivity contribution < 1.29 is 4.79 Å². The van der Waals surface area contributed by atoms with Gasteiger partial charge in [0.15, 0.2) is 0 Å². The van der Waals surface area contributed by atoms with Gasteiger partial charge in [-0.3, -0.25) is 9.78 Å². The molecule has 0 aliphatic carbocycles. The molecule has 0 spiro atoms. The van der Waals surface area contributed by atoms with E-state index in [0.717, 1.165) is 22.8 Å². The number of aromatic nitrogens is 2. The van der Waals surface area contributed by atoms with E-state index in [0.29, 0.717) is 4.88 Å².